The van der Waals surface area contributed by atoms with Crippen molar-refractivity contribution in [3.63, 3.8) is 0 Å². The van der Waals surface area contributed by atoms with Gasteiger partial charge in [0.2, 0.25) is 0 Å². The first-order valence-electron chi connectivity index (χ1n) is 5.65. The van der Waals surface area contributed by atoms with E-state index in [9.17, 15) is 4.39 Å². The number of nitrogens with two attached hydrogens (primary N) is 1. The smallest absolute Gasteiger partial charge is 0.124 e. The lowest BCUT2D eigenvalue weighted by atomic mass is 10.1. The van der Waals surface area contributed by atoms with Crippen molar-refractivity contribution in [1.29, 1.82) is 0 Å². The average molecular weight is 261 g/mol. The minimum Gasteiger partial charge on any atom is -0.380 e. The molecule has 0 aromatic heterocycles. The lowest BCUT2D eigenvalue weighted by Crippen LogP contribution is -2.40. The van der Waals surface area contributed by atoms with Gasteiger partial charge in [0.25, 0.3) is 0 Å². The maximum absolute atomic E-state index is 12.9. The quantitative estimate of drug-likeness (QED) is 0.449. The summed E-state index contributed by atoms with van der Waals surface area (Å²) in [6.07, 6.45) is 1.58. The zero-order valence-corrected chi connectivity index (χ0v) is 10.6. The van der Waals surface area contributed by atoms with E-state index in [1.54, 1.807) is 6.07 Å². The highest BCUT2D eigenvalue weighted by atomic mass is 35.5. The molecule has 0 aliphatic heterocycles. The third-order valence-corrected chi connectivity index (χ3v) is 2.74. The molecule has 1 rings (SSSR count). The van der Waals surface area contributed by atoms with Gasteiger partial charge in [-0.25, -0.2) is 4.39 Å². The average Bonchev–Trinajstić information content (AvgIpc) is 2.31. The predicted octanol–water partition coefficient (Wildman–Crippen LogP) is 2.28. The van der Waals surface area contributed by atoms with Crippen LogP contribution >= 0.6 is 11.6 Å². The van der Waals surface area contributed by atoms with Crippen LogP contribution in [0.1, 0.15) is 18.9 Å². The molecule has 1 unspecified atom stereocenters. The number of hydrogen-bond donors (Lipinski definition) is 2. The molecular formula is C12H18ClFN2O. The Bertz CT molecular complexity index is 349. The molecule has 5 heteroatoms. The molecule has 0 heterocycles. The van der Waals surface area contributed by atoms with Crippen LogP contribution in [0.3, 0.4) is 0 Å². The Labute approximate surface area is 106 Å². The van der Waals surface area contributed by atoms with Gasteiger partial charge in [0.1, 0.15) is 5.82 Å². The minimum atomic E-state index is -0.335. The number of hydrazine groups is 1. The van der Waals surface area contributed by atoms with Crippen molar-refractivity contribution in [2.75, 3.05) is 13.2 Å². The Morgan fingerprint density at radius 3 is 2.88 bits per heavy atom. The first-order chi connectivity index (χ1) is 8.17. The molecule has 0 radical (unpaired) electrons. The van der Waals surface area contributed by atoms with E-state index in [4.69, 9.17) is 22.2 Å². The van der Waals surface area contributed by atoms with Crippen LogP contribution in [0.5, 0.6) is 0 Å². The van der Waals surface area contributed by atoms with Crippen LogP contribution in [0.2, 0.25) is 5.02 Å². The van der Waals surface area contributed by atoms with Crippen LogP contribution in [0.25, 0.3) is 0 Å². The van der Waals surface area contributed by atoms with Crippen LogP contribution in [-0.2, 0) is 11.2 Å². The Balaban J connectivity index is 2.54. The zero-order valence-electron chi connectivity index (χ0n) is 9.88. The summed E-state index contributed by atoms with van der Waals surface area (Å²) in [4.78, 5) is 0. The number of halogens is 2. The summed E-state index contributed by atoms with van der Waals surface area (Å²) in [5.74, 6) is 5.10. The van der Waals surface area contributed by atoms with Gasteiger partial charge in [-0.05, 0) is 30.5 Å². The van der Waals surface area contributed by atoms with E-state index in [0.29, 0.717) is 24.7 Å². The van der Waals surface area contributed by atoms with E-state index < -0.39 is 0 Å². The lowest BCUT2D eigenvalue weighted by molar-refractivity contribution is 0.112. The fourth-order valence-electron chi connectivity index (χ4n) is 1.49. The molecule has 17 heavy (non-hydrogen) atoms. The maximum Gasteiger partial charge on any atom is 0.124 e. The van der Waals surface area contributed by atoms with Crippen molar-refractivity contribution in [3.8, 4) is 0 Å². The summed E-state index contributed by atoms with van der Waals surface area (Å²) < 4.78 is 18.3. The largest absolute Gasteiger partial charge is 0.380 e. The van der Waals surface area contributed by atoms with Crippen LogP contribution in [0.15, 0.2) is 18.2 Å². The van der Waals surface area contributed by atoms with Crippen molar-refractivity contribution in [3.05, 3.63) is 34.6 Å². The summed E-state index contributed by atoms with van der Waals surface area (Å²) in [5.41, 5.74) is 3.53. The third-order valence-electron chi connectivity index (χ3n) is 2.38. The van der Waals surface area contributed by atoms with Gasteiger partial charge in [0.15, 0.2) is 0 Å². The summed E-state index contributed by atoms with van der Waals surface area (Å²) >= 11 is 5.94. The van der Waals surface area contributed by atoms with Crippen molar-refractivity contribution < 1.29 is 9.13 Å². The number of benzene rings is 1. The highest BCUT2D eigenvalue weighted by Gasteiger charge is 2.10. The molecule has 3 N–H and O–H groups in total. The van der Waals surface area contributed by atoms with Crippen LogP contribution in [0.4, 0.5) is 4.39 Å². The minimum absolute atomic E-state index is 0.0236. The monoisotopic (exact) mass is 260 g/mol. The number of rotatable bonds is 7. The molecule has 0 spiro atoms. The van der Waals surface area contributed by atoms with Gasteiger partial charge < -0.3 is 4.74 Å². The fraction of sp³-hybridized carbons (Fsp3) is 0.500. The Morgan fingerprint density at radius 2 is 2.29 bits per heavy atom. The van der Waals surface area contributed by atoms with Gasteiger partial charge in [0, 0.05) is 17.7 Å². The molecule has 96 valence electrons. The molecule has 1 atom stereocenters. The second kappa shape index (κ2) is 7.61. The van der Waals surface area contributed by atoms with Gasteiger partial charge in [0.05, 0.1) is 6.61 Å². The molecule has 1 aromatic carbocycles. The summed E-state index contributed by atoms with van der Waals surface area (Å²) in [6.45, 7) is 3.26. The molecule has 0 aliphatic rings. The first kappa shape index (κ1) is 14.4. The highest BCUT2D eigenvalue weighted by Crippen LogP contribution is 2.18. The Hall–Kier alpha value is -0.680. The van der Waals surface area contributed by atoms with Gasteiger partial charge in [-0.1, -0.05) is 24.6 Å². The van der Waals surface area contributed by atoms with Gasteiger partial charge in [-0.3, -0.25) is 11.3 Å². The standard InChI is InChI=1S/C12H18ClFN2O/c1-2-5-17-8-11(16-15)6-9-3-4-10(14)7-12(9)13/h3-4,7,11,16H,2,5-6,8,15H2,1H3. The maximum atomic E-state index is 12.9. The molecule has 1 aromatic rings. The molecule has 0 saturated carbocycles. The highest BCUT2D eigenvalue weighted by molar-refractivity contribution is 6.31. The van der Waals surface area contributed by atoms with Crippen molar-refractivity contribution in [2.45, 2.75) is 25.8 Å². The van der Waals surface area contributed by atoms with Crippen molar-refractivity contribution in [2.24, 2.45) is 5.84 Å². The summed E-state index contributed by atoms with van der Waals surface area (Å²) in [5, 5.41) is 0.417. The molecule has 0 saturated heterocycles. The lowest BCUT2D eigenvalue weighted by Gasteiger charge is -2.16. The van der Waals surface area contributed by atoms with E-state index in [2.05, 4.69) is 5.43 Å². The van der Waals surface area contributed by atoms with Gasteiger partial charge >= 0.3 is 0 Å². The molecule has 0 aliphatic carbocycles. The third kappa shape index (κ3) is 5.00. The zero-order chi connectivity index (χ0) is 12.7. The Morgan fingerprint density at radius 1 is 1.53 bits per heavy atom. The summed E-state index contributed by atoms with van der Waals surface area (Å²) in [7, 11) is 0. The SMILES string of the molecule is CCCOCC(Cc1ccc(F)cc1Cl)NN. The van der Waals surface area contributed by atoms with E-state index in [-0.39, 0.29) is 11.9 Å². The molecule has 0 fully saturated rings. The van der Waals surface area contributed by atoms with E-state index in [0.717, 1.165) is 12.0 Å². The fourth-order valence-corrected chi connectivity index (χ4v) is 1.73. The van der Waals surface area contributed by atoms with Gasteiger partial charge in [-0.2, -0.15) is 0 Å². The molecule has 3 nitrogen and oxygen atoms in total. The van der Waals surface area contributed by atoms with Crippen molar-refractivity contribution >= 4 is 11.6 Å². The predicted molar refractivity (Wildman–Crippen MR) is 67.3 cm³/mol. The summed E-state index contributed by atoms with van der Waals surface area (Å²) in [6, 6.07) is 4.34. The molecular weight excluding hydrogens is 243 g/mol. The van der Waals surface area contributed by atoms with Crippen molar-refractivity contribution in [1.82, 2.24) is 5.43 Å². The topological polar surface area (TPSA) is 47.3 Å². The second-order valence-electron chi connectivity index (χ2n) is 3.88. The van der Waals surface area contributed by atoms with Crippen LogP contribution < -0.4 is 11.3 Å². The van der Waals surface area contributed by atoms with E-state index in [1.165, 1.54) is 12.1 Å². The number of hydrogen-bond acceptors (Lipinski definition) is 3. The first-order valence-corrected chi connectivity index (χ1v) is 6.03. The van der Waals surface area contributed by atoms with E-state index >= 15 is 0 Å². The number of nitrogens with one attached hydrogen (secondary N) is 1. The normalized spacial score (nSPS) is 12.7. The number of ether oxygens (including phenoxy) is 1. The molecule has 0 amide bonds. The van der Waals surface area contributed by atoms with E-state index in [1.807, 2.05) is 6.92 Å². The van der Waals surface area contributed by atoms with Crippen LogP contribution in [0, 0.1) is 5.82 Å². The van der Waals surface area contributed by atoms with Crippen LogP contribution in [-0.4, -0.2) is 19.3 Å². The Kier molecular flexibility index (Phi) is 6.44. The molecule has 0 bridgehead atoms. The second-order valence-corrected chi connectivity index (χ2v) is 4.29. The van der Waals surface area contributed by atoms with Gasteiger partial charge in [-0.15, -0.1) is 0 Å².